The predicted octanol–water partition coefficient (Wildman–Crippen LogP) is 3.33. The van der Waals surface area contributed by atoms with Gasteiger partial charge in [-0.3, -0.25) is 14.9 Å². The Balaban J connectivity index is 2.25. The van der Waals surface area contributed by atoms with Crippen molar-refractivity contribution >= 4 is 11.6 Å². The minimum Gasteiger partial charge on any atom is -0.469 e. The number of nitro groups is 1. The van der Waals surface area contributed by atoms with Crippen LogP contribution in [0.3, 0.4) is 0 Å². The van der Waals surface area contributed by atoms with E-state index in [-0.39, 0.29) is 17.6 Å². The molecule has 0 bridgehead atoms. The molecular weight excluding hydrogens is 272 g/mol. The number of amides is 1. The third kappa shape index (κ3) is 2.94. The second-order valence-corrected chi connectivity index (χ2v) is 4.83. The average Bonchev–Trinajstić information content (AvgIpc) is 2.91. The van der Waals surface area contributed by atoms with Crippen LogP contribution in [0.1, 0.15) is 34.6 Å². The van der Waals surface area contributed by atoms with E-state index in [1.54, 1.807) is 32.2 Å². The van der Waals surface area contributed by atoms with Crippen LogP contribution in [0.15, 0.2) is 41.0 Å². The molecule has 2 aromatic rings. The van der Waals surface area contributed by atoms with Crippen molar-refractivity contribution in [3.63, 3.8) is 0 Å². The lowest BCUT2D eigenvalue weighted by atomic mass is 10.1. The first kappa shape index (κ1) is 14.8. The summed E-state index contributed by atoms with van der Waals surface area (Å²) in [5.41, 5.74) is 1.22. The van der Waals surface area contributed by atoms with E-state index in [4.69, 9.17) is 4.42 Å². The van der Waals surface area contributed by atoms with Gasteiger partial charge in [0.05, 0.1) is 22.8 Å². The van der Waals surface area contributed by atoms with Crippen LogP contribution in [0.5, 0.6) is 0 Å². The number of rotatable bonds is 4. The van der Waals surface area contributed by atoms with E-state index in [1.807, 2.05) is 6.92 Å². The third-order valence-corrected chi connectivity index (χ3v) is 3.55. The van der Waals surface area contributed by atoms with Crippen LogP contribution in [0.4, 0.5) is 5.69 Å². The first-order valence-electron chi connectivity index (χ1n) is 6.47. The summed E-state index contributed by atoms with van der Waals surface area (Å²) in [5, 5.41) is 10.8. The minimum atomic E-state index is -0.446. The predicted molar refractivity (Wildman–Crippen MR) is 77.0 cm³/mol. The zero-order valence-corrected chi connectivity index (χ0v) is 12.1. The molecule has 110 valence electrons. The van der Waals surface area contributed by atoms with E-state index in [1.165, 1.54) is 23.3 Å². The molecular formula is C15H16N2O4. The highest BCUT2D eigenvalue weighted by Crippen LogP contribution is 2.25. The van der Waals surface area contributed by atoms with Crippen LogP contribution in [0.25, 0.3) is 0 Å². The molecule has 0 radical (unpaired) electrons. The Morgan fingerprint density at radius 2 is 2.10 bits per heavy atom. The van der Waals surface area contributed by atoms with Gasteiger partial charge in [0.2, 0.25) is 0 Å². The quantitative estimate of drug-likeness (QED) is 0.638. The molecule has 0 aliphatic heterocycles. The number of carbonyl (C=O) groups is 1. The van der Waals surface area contributed by atoms with Gasteiger partial charge in [0.25, 0.3) is 11.6 Å². The molecule has 0 saturated heterocycles. The van der Waals surface area contributed by atoms with E-state index in [2.05, 4.69) is 0 Å². The molecule has 1 atom stereocenters. The van der Waals surface area contributed by atoms with Gasteiger partial charge in [-0.25, -0.2) is 0 Å². The number of carbonyl (C=O) groups excluding carboxylic acids is 1. The minimum absolute atomic E-state index is 0.0136. The molecule has 6 heteroatoms. The van der Waals surface area contributed by atoms with Gasteiger partial charge in [0.1, 0.15) is 5.76 Å². The van der Waals surface area contributed by atoms with Crippen molar-refractivity contribution in [3.05, 3.63) is 63.6 Å². The monoisotopic (exact) mass is 288 g/mol. The maximum absolute atomic E-state index is 12.4. The summed E-state index contributed by atoms with van der Waals surface area (Å²) < 4.78 is 5.14. The number of furan rings is 1. The summed E-state index contributed by atoms with van der Waals surface area (Å²) in [7, 11) is 1.66. The lowest BCUT2D eigenvalue weighted by molar-refractivity contribution is -0.384. The average molecular weight is 288 g/mol. The van der Waals surface area contributed by atoms with Crippen molar-refractivity contribution in [2.45, 2.75) is 19.9 Å². The normalized spacial score (nSPS) is 12.0. The first-order valence-corrected chi connectivity index (χ1v) is 6.47. The fraction of sp³-hybridized carbons (Fsp3) is 0.267. The van der Waals surface area contributed by atoms with E-state index < -0.39 is 4.92 Å². The standard InChI is InChI=1S/C15H16N2O4/c1-10(12-5-4-6-13(9-12)17(19)20)16(3)15(18)14-7-8-21-11(14)2/h4-10H,1-3H3/t10-/m0/s1. The van der Waals surface area contributed by atoms with Crippen molar-refractivity contribution in [2.24, 2.45) is 0 Å². The van der Waals surface area contributed by atoms with E-state index in [0.29, 0.717) is 16.9 Å². The Kier molecular flexibility index (Phi) is 4.07. The number of benzene rings is 1. The molecule has 1 aromatic carbocycles. The van der Waals surface area contributed by atoms with Crippen LogP contribution in [0, 0.1) is 17.0 Å². The summed E-state index contributed by atoms with van der Waals surface area (Å²) in [5.74, 6) is 0.373. The van der Waals surface area contributed by atoms with Crippen LogP contribution < -0.4 is 0 Å². The largest absolute Gasteiger partial charge is 0.469 e. The molecule has 0 unspecified atom stereocenters. The summed E-state index contributed by atoms with van der Waals surface area (Å²) >= 11 is 0. The SMILES string of the molecule is Cc1occc1C(=O)N(C)[C@@H](C)c1cccc([N+](=O)[O-])c1. The Morgan fingerprint density at radius 3 is 2.67 bits per heavy atom. The van der Waals surface area contributed by atoms with Gasteiger partial charge in [-0.1, -0.05) is 12.1 Å². The van der Waals surface area contributed by atoms with Gasteiger partial charge in [-0.2, -0.15) is 0 Å². The van der Waals surface area contributed by atoms with Gasteiger partial charge in [0, 0.05) is 19.2 Å². The van der Waals surface area contributed by atoms with Crippen LogP contribution >= 0.6 is 0 Å². The molecule has 0 aliphatic carbocycles. The van der Waals surface area contributed by atoms with E-state index in [9.17, 15) is 14.9 Å². The Hall–Kier alpha value is -2.63. The van der Waals surface area contributed by atoms with E-state index >= 15 is 0 Å². The highest BCUT2D eigenvalue weighted by molar-refractivity contribution is 5.95. The van der Waals surface area contributed by atoms with Gasteiger partial charge in [-0.05, 0) is 25.5 Å². The van der Waals surface area contributed by atoms with Crippen LogP contribution in [-0.2, 0) is 0 Å². The molecule has 6 nitrogen and oxygen atoms in total. The highest BCUT2D eigenvalue weighted by atomic mass is 16.6. The molecule has 0 aliphatic rings. The highest BCUT2D eigenvalue weighted by Gasteiger charge is 2.22. The zero-order chi connectivity index (χ0) is 15.6. The number of nitro benzene ring substituents is 1. The topological polar surface area (TPSA) is 76.6 Å². The molecule has 1 heterocycles. The molecule has 21 heavy (non-hydrogen) atoms. The van der Waals surface area contributed by atoms with Crippen molar-refractivity contribution in [3.8, 4) is 0 Å². The van der Waals surface area contributed by atoms with Gasteiger partial charge < -0.3 is 9.32 Å². The molecule has 0 saturated carbocycles. The lowest BCUT2D eigenvalue weighted by Crippen LogP contribution is -2.29. The Morgan fingerprint density at radius 1 is 1.38 bits per heavy atom. The molecule has 1 aromatic heterocycles. The lowest BCUT2D eigenvalue weighted by Gasteiger charge is -2.25. The summed E-state index contributed by atoms with van der Waals surface area (Å²) in [6.07, 6.45) is 1.47. The van der Waals surface area contributed by atoms with Gasteiger partial charge in [0.15, 0.2) is 0 Å². The van der Waals surface area contributed by atoms with Gasteiger partial charge >= 0.3 is 0 Å². The number of nitrogens with zero attached hydrogens (tertiary/aromatic N) is 2. The Bertz CT molecular complexity index is 678. The summed E-state index contributed by atoms with van der Waals surface area (Å²) in [6, 6.07) is 7.63. The van der Waals surface area contributed by atoms with Crippen LogP contribution in [0.2, 0.25) is 0 Å². The van der Waals surface area contributed by atoms with Crippen molar-refractivity contribution in [1.29, 1.82) is 0 Å². The molecule has 2 rings (SSSR count). The van der Waals surface area contributed by atoms with Gasteiger partial charge in [-0.15, -0.1) is 0 Å². The second kappa shape index (κ2) is 5.78. The number of hydrogen-bond donors (Lipinski definition) is 0. The van der Waals surface area contributed by atoms with Crippen molar-refractivity contribution in [2.75, 3.05) is 7.05 Å². The second-order valence-electron chi connectivity index (χ2n) is 4.83. The van der Waals surface area contributed by atoms with E-state index in [0.717, 1.165) is 0 Å². The van der Waals surface area contributed by atoms with Crippen molar-refractivity contribution in [1.82, 2.24) is 4.90 Å². The third-order valence-electron chi connectivity index (χ3n) is 3.55. The maximum Gasteiger partial charge on any atom is 0.269 e. The summed E-state index contributed by atoms with van der Waals surface area (Å²) in [6.45, 7) is 3.55. The summed E-state index contributed by atoms with van der Waals surface area (Å²) in [4.78, 5) is 24.3. The fourth-order valence-corrected chi connectivity index (χ4v) is 2.09. The number of non-ortho nitro benzene ring substituents is 1. The molecule has 1 amide bonds. The Labute approximate surface area is 122 Å². The van der Waals surface area contributed by atoms with Crippen molar-refractivity contribution < 1.29 is 14.1 Å². The smallest absolute Gasteiger partial charge is 0.269 e. The zero-order valence-electron chi connectivity index (χ0n) is 12.1. The van der Waals surface area contributed by atoms with Crippen LogP contribution in [-0.4, -0.2) is 22.8 Å². The fourth-order valence-electron chi connectivity index (χ4n) is 2.09. The maximum atomic E-state index is 12.4. The number of hydrogen-bond acceptors (Lipinski definition) is 4. The molecule has 0 fully saturated rings. The first-order chi connectivity index (χ1) is 9.91. The molecule has 0 spiro atoms. The molecule has 0 N–H and O–H groups in total. The number of aryl methyl sites for hydroxylation is 1.